The molecular formula is C19H26. The van der Waals surface area contributed by atoms with E-state index in [-0.39, 0.29) is 0 Å². The molecule has 0 fully saturated rings. The standard InChI is InChI=1S/C19H26/c1-6-15(4)19(16(5)7-2)14-17(8-3)18-12-10-9-11-13-18/h6,8-14,16H,7H2,1-5H3/b15-6-,17-8+,19-14-. The highest BCUT2D eigenvalue weighted by Crippen LogP contribution is 2.27. The normalized spacial score (nSPS) is 15.5. The van der Waals surface area contributed by atoms with Crippen LogP contribution in [0.3, 0.4) is 0 Å². The van der Waals surface area contributed by atoms with Crippen LogP contribution in [0, 0.1) is 5.92 Å². The molecule has 1 rings (SSSR count). The first-order valence-electron chi connectivity index (χ1n) is 7.20. The van der Waals surface area contributed by atoms with Crippen molar-refractivity contribution in [1.29, 1.82) is 0 Å². The Morgan fingerprint density at radius 1 is 1.11 bits per heavy atom. The first-order chi connectivity index (χ1) is 9.13. The predicted octanol–water partition coefficient (Wildman–Crippen LogP) is 6.03. The van der Waals surface area contributed by atoms with Crippen LogP contribution in [0.25, 0.3) is 5.57 Å². The van der Waals surface area contributed by atoms with E-state index < -0.39 is 0 Å². The van der Waals surface area contributed by atoms with Crippen molar-refractivity contribution in [2.75, 3.05) is 0 Å². The van der Waals surface area contributed by atoms with Gasteiger partial charge in [0.1, 0.15) is 0 Å². The summed E-state index contributed by atoms with van der Waals surface area (Å²) in [7, 11) is 0. The second-order valence-corrected chi connectivity index (χ2v) is 4.99. The minimum atomic E-state index is 0.592. The van der Waals surface area contributed by atoms with E-state index in [2.05, 4.69) is 83.2 Å². The Kier molecular flexibility index (Phi) is 6.35. The van der Waals surface area contributed by atoms with Gasteiger partial charge in [0.2, 0.25) is 0 Å². The minimum absolute atomic E-state index is 0.592. The van der Waals surface area contributed by atoms with E-state index in [0.717, 1.165) is 0 Å². The molecule has 1 atom stereocenters. The third-order valence-electron chi connectivity index (χ3n) is 3.76. The Hall–Kier alpha value is -1.56. The van der Waals surface area contributed by atoms with Gasteiger partial charge in [-0.1, -0.05) is 68.0 Å². The largest absolute Gasteiger partial charge is 0.0844 e. The monoisotopic (exact) mass is 254 g/mol. The SMILES string of the molecule is C\C=C(C)/C(=C/C(=C\C)c1ccccc1)C(C)CC. The van der Waals surface area contributed by atoms with Crippen LogP contribution >= 0.6 is 0 Å². The van der Waals surface area contributed by atoms with Gasteiger partial charge in [-0.15, -0.1) is 0 Å². The highest BCUT2D eigenvalue weighted by atomic mass is 14.1. The molecule has 19 heavy (non-hydrogen) atoms. The van der Waals surface area contributed by atoms with Crippen LogP contribution in [0.4, 0.5) is 0 Å². The van der Waals surface area contributed by atoms with Crippen molar-refractivity contribution in [1.82, 2.24) is 0 Å². The van der Waals surface area contributed by atoms with Gasteiger partial charge in [0.15, 0.2) is 0 Å². The van der Waals surface area contributed by atoms with E-state index in [9.17, 15) is 0 Å². The molecule has 1 unspecified atom stereocenters. The second kappa shape index (κ2) is 7.78. The third kappa shape index (κ3) is 4.24. The van der Waals surface area contributed by atoms with Crippen molar-refractivity contribution < 1.29 is 0 Å². The summed E-state index contributed by atoms with van der Waals surface area (Å²) < 4.78 is 0. The molecular weight excluding hydrogens is 228 g/mol. The van der Waals surface area contributed by atoms with Gasteiger partial charge < -0.3 is 0 Å². The van der Waals surface area contributed by atoms with Gasteiger partial charge >= 0.3 is 0 Å². The summed E-state index contributed by atoms with van der Waals surface area (Å²) in [6.07, 6.45) is 7.92. The van der Waals surface area contributed by atoms with Crippen molar-refractivity contribution in [3.05, 3.63) is 65.3 Å². The quantitative estimate of drug-likeness (QED) is 0.563. The van der Waals surface area contributed by atoms with E-state index in [1.165, 1.54) is 28.7 Å². The zero-order chi connectivity index (χ0) is 14.3. The Balaban J connectivity index is 3.20. The maximum atomic E-state index is 2.35. The summed E-state index contributed by atoms with van der Waals surface area (Å²) in [6, 6.07) is 10.6. The lowest BCUT2D eigenvalue weighted by molar-refractivity contribution is 0.662. The van der Waals surface area contributed by atoms with Crippen LogP contribution in [0.1, 0.15) is 46.6 Å². The smallest absolute Gasteiger partial charge is 0.0187 e. The molecule has 0 aromatic heterocycles. The van der Waals surface area contributed by atoms with E-state index in [4.69, 9.17) is 0 Å². The minimum Gasteiger partial charge on any atom is -0.0844 e. The molecule has 0 N–H and O–H groups in total. The molecule has 0 bridgehead atoms. The first-order valence-corrected chi connectivity index (χ1v) is 7.20. The Labute approximate surface area is 118 Å². The lowest BCUT2D eigenvalue weighted by Gasteiger charge is -2.16. The summed E-state index contributed by atoms with van der Waals surface area (Å²) >= 11 is 0. The fourth-order valence-electron chi connectivity index (χ4n) is 2.16. The molecule has 0 heteroatoms. The van der Waals surface area contributed by atoms with Crippen LogP contribution in [-0.4, -0.2) is 0 Å². The molecule has 102 valence electrons. The lowest BCUT2D eigenvalue weighted by atomic mass is 9.89. The average Bonchev–Trinajstić information content (AvgIpc) is 2.48. The topological polar surface area (TPSA) is 0 Å². The number of allylic oxidation sites excluding steroid dienone is 6. The molecule has 0 aliphatic rings. The predicted molar refractivity (Wildman–Crippen MR) is 87.1 cm³/mol. The van der Waals surface area contributed by atoms with Gasteiger partial charge in [-0.3, -0.25) is 0 Å². The second-order valence-electron chi connectivity index (χ2n) is 4.99. The van der Waals surface area contributed by atoms with Crippen LogP contribution in [-0.2, 0) is 0 Å². The molecule has 0 amide bonds. The number of benzene rings is 1. The van der Waals surface area contributed by atoms with Gasteiger partial charge in [0.05, 0.1) is 0 Å². The molecule has 1 aromatic carbocycles. The molecule has 0 saturated carbocycles. The number of hydrogen-bond donors (Lipinski definition) is 0. The fourth-order valence-corrected chi connectivity index (χ4v) is 2.16. The van der Waals surface area contributed by atoms with Crippen molar-refractivity contribution in [2.24, 2.45) is 5.92 Å². The van der Waals surface area contributed by atoms with Gasteiger partial charge in [-0.2, -0.15) is 0 Å². The Bertz CT molecular complexity index is 472. The van der Waals surface area contributed by atoms with Crippen molar-refractivity contribution in [3.8, 4) is 0 Å². The van der Waals surface area contributed by atoms with Gasteiger partial charge in [0.25, 0.3) is 0 Å². The summed E-state index contributed by atoms with van der Waals surface area (Å²) in [5.74, 6) is 0.592. The van der Waals surface area contributed by atoms with E-state index in [1.54, 1.807) is 0 Å². The van der Waals surface area contributed by atoms with Crippen LogP contribution < -0.4 is 0 Å². The van der Waals surface area contributed by atoms with Gasteiger partial charge in [-0.05, 0) is 49.8 Å². The molecule has 0 heterocycles. The van der Waals surface area contributed by atoms with Crippen molar-refractivity contribution in [3.63, 3.8) is 0 Å². The highest BCUT2D eigenvalue weighted by molar-refractivity contribution is 5.75. The van der Waals surface area contributed by atoms with Crippen LogP contribution in [0.5, 0.6) is 0 Å². The fraction of sp³-hybridized carbons (Fsp3) is 0.368. The summed E-state index contributed by atoms with van der Waals surface area (Å²) in [5, 5.41) is 0. The number of rotatable bonds is 5. The molecule has 0 aliphatic carbocycles. The van der Waals surface area contributed by atoms with Crippen molar-refractivity contribution >= 4 is 5.57 Å². The van der Waals surface area contributed by atoms with Crippen LogP contribution in [0.2, 0.25) is 0 Å². The lowest BCUT2D eigenvalue weighted by Crippen LogP contribution is -2.00. The zero-order valence-corrected chi connectivity index (χ0v) is 12.9. The molecule has 1 aromatic rings. The maximum Gasteiger partial charge on any atom is -0.0187 e. The summed E-state index contributed by atoms with van der Waals surface area (Å²) in [6.45, 7) is 11.0. The zero-order valence-electron chi connectivity index (χ0n) is 12.9. The summed E-state index contributed by atoms with van der Waals surface area (Å²) in [4.78, 5) is 0. The molecule has 0 spiro atoms. The molecule has 0 saturated heterocycles. The maximum absolute atomic E-state index is 2.35. The van der Waals surface area contributed by atoms with Crippen LogP contribution in [0.15, 0.2) is 59.7 Å². The first kappa shape index (κ1) is 15.5. The van der Waals surface area contributed by atoms with Crippen molar-refractivity contribution in [2.45, 2.75) is 41.0 Å². The molecule has 0 nitrogen and oxygen atoms in total. The van der Waals surface area contributed by atoms with E-state index >= 15 is 0 Å². The van der Waals surface area contributed by atoms with Gasteiger partial charge in [0, 0.05) is 0 Å². The number of hydrogen-bond acceptors (Lipinski definition) is 0. The third-order valence-corrected chi connectivity index (χ3v) is 3.76. The molecule has 0 radical (unpaired) electrons. The Morgan fingerprint density at radius 2 is 1.74 bits per heavy atom. The highest BCUT2D eigenvalue weighted by Gasteiger charge is 2.09. The molecule has 0 aliphatic heterocycles. The Morgan fingerprint density at radius 3 is 2.21 bits per heavy atom. The summed E-state index contributed by atoms with van der Waals surface area (Å²) in [5.41, 5.74) is 5.42. The van der Waals surface area contributed by atoms with E-state index in [1.807, 2.05) is 0 Å². The average molecular weight is 254 g/mol. The van der Waals surface area contributed by atoms with Gasteiger partial charge in [-0.25, -0.2) is 0 Å². The van der Waals surface area contributed by atoms with E-state index in [0.29, 0.717) is 5.92 Å².